The maximum Gasteiger partial charge on any atom is 0.325 e. The smallest absolute Gasteiger partial charge is 0.325 e. The summed E-state index contributed by atoms with van der Waals surface area (Å²) in [5, 5.41) is 25.1. The van der Waals surface area contributed by atoms with Gasteiger partial charge in [-0.2, -0.15) is 13.9 Å². The first-order valence-electron chi connectivity index (χ1n) is 6.86. The van der Waals surface area contributed by atoms with E-state index in [4.69, 9.17) is 0 Å². The molecule has 0 aromatic heterocycles. The third-order valence-electron chi connectivity index (χ3n) is 2.97. The van der Waals surface area contributed by atoms with Gasteiger partial charge < -0.3 is 4.90 Å². The van der Waals surface area contributed by atoms with Crippen LogP contribution in [0.5, 0.6) is 0 Å². The van der Waals surface area contributed by atoms with Crippen LogP contribution in [-0.4, -0.2) is 46.9 Å². The van der Waals surface area contributed by atoms with Crippen molar-refractivity contribution in [2.24, 2.45) is 5.10 Å². The number of hydrogen-bond acceptors (Lipinski definition) is 7. The largest absolute Gasteiger partial charge is 0.344 e. The van der Waals surface area contributed by atoms with E-state index in [0.29, 0.717) is 0 Å². The zero-order chi connectivity index (χ0) is 19.2. The third kappa shape index (κ3) is 5.44. The number of hydrazone groups is 1. The van der Waals surface area contributed by atoms with Crippen LogP contribution in [0.15, 0.2) is 23.3 Å². The van der Waals surface area contributed by atoms with Gasteiger partial charge in [-0.1, -0.05) is 0 Å². The Labute approximate surface area is 140 Å². The van der Waals surface area contributed by atoms with Gasteiger partial charge in [-0.15, -0.1) is 0 Å². The standard InChI is InChI=1S/C13H15F2N5O5/c1-18(2)12(21)13(14,15)6-3-7-16-17-10-5-4-9(19(22)23)8-11(10)20(24)25/h4-5,7-8,17H,3,6H2,1-2H3/b16-7-. The van der Waals surface area contributed by atoms with Crippen LogP contribution in [0.2, 0.25) is 0 Å². The predicted molar refractivity (Wildman–Crippen MR) is 84.7 cm³/mol. The summed E-state index contributed by atoms with van der Waals surface area (Å²) in [4.78, 5) is 31.9. The maximum atomic E-state index is 13.5. The molecule has 1 aromatic rings. The van der Waals surface area contributed by atoms with Gasteiger partial charge in [-0.05, 0) is 12.5 Å². The Hall–Kier alpha value is -3.18. The molecule has 0 spiro atoms. The van der Waals surface area contributed by atoms with Crippen LogP contribution in [0.4, 0.5) is 25.8 Å². The highest BCUT2D eigenvalue weighted by atomic mass is 19.3. The van der Waals surface area contributed by atoms with Gasteiger partial charge in [-0.3, -0.25) is 30.4 Å². The molecule has 0 unspecified atom stereocenters. The number of nitrogens with one attached hydrogen (secondary N) is 1. The molecule has 0 aliphatic rings. The molecule has 1 N–H and O–H groups in total. The van der Waals surface area contributed by atoms with Crippen molar-refractivity contribution in [1.29, 1.82) is 0 Å². The molecule has 1 amide bonds. The average Bonchev–Trinajstić information content (AvgIpc) is 2.53. The molecule has 10 nitrogen and oxygen atoms in total. The van der Waals surface area contributed by atoms with Gasteiger partial charge in [0, 0.05) is 32.8 Å². The Balaban J connectivity index is 2.72. The Morgan fingerprint density at radius 1 is 1.32 bits per heavy atom. The molecule has 0 radical (unpaired) electrons. The zero-order valence-corrected chi connectivity index (χ0v) is 13.3. The highest BCUT2D eigenvalue weighted by Gasteiger charge is 2.38. The van der Waals surface area contributed by atoms with Crippen molar-refractivity contribution in [1.82, 2.24) is 4.90 Å². The van der Waals surface area contributed by atoms with Gasteiger partial charge in [0.1, 0.15) is 5.69 Å². The molecule has 25 heavy (non-hydrogen) atoms. The molecule has 1 rings (SSSR count). The number of carbonyl (C=O) groups excluding carboxylic acids is 1. The molecule has 136 valence electrons. The highest BCUT2D eigenvalue weighted by molar-refractivity contribution is 5.83. The normalized spacial score (nSPS) is 11.4. The molecule has 0 aliphatic heterocycles. The van der Waals surface area contributed by atoms with Crippen molar-refractivity contribution in [3.05, 3.63) is 38.4 Å². The fraction of sp³-hybridized carbons (Fsp3) is 0.385. The van der Waals surface area contributed by atoms with Gasteiger partial charge in [0.2, 0.25) is 0 Å². The Morgan fingerprint density at radius 2 is 1.96 bits per heavy atom. The summed E-state index contributed by atoms with van der Waals surface area (Å²) in [6.45, 7) is 0. The topological polar surface area (TPSA) is 131 Å². The van der Waals surface area contributed by atoms with Gasteiger partial charge in [0.25, 0.3) is 11.6 Å². The van der Waals surface area contributed by atoms with E-state index < -0.39 is 39.5 Å². The molecule has 0 fully saturated rings. The van der Waals surface area contributed by atoms with Gasteiger partial charge in [0.05, 0.1) is 15.9 Å². The SMILES string of the molecule is CN(C)C(=O)C(F)(F)CC/C=N\Nc1ccc([N+](=O)[O-])cc1[N+](=O)[O-]. The minimum Gasteiger partial charge on any atom is -0.344 e. The molecule has 1 aromatic carbocycles. The van der Waals surface area contributed by atoms with Crippen molar-refractivity contribution in [2.45, 2.75) is 18.8 Å². The second kappa shape index (κ2) is 8.08. The van der Waals surface area contributed by atoms with E-state index in [1.165, 1.54) is 14.1 Å². The zero-order valence-electron chi connectivity index (χ0n) is 13.3. The van der Waals surface area contributed by atoms with E-state index in [1.807, 2.05) is 0 Å². The van der Waals surface area contributed by atoms with Crippen molar-refractivity contribution in [3.63, 3.8) is 0 Å². The second-order valence-electron chi connectivity index (χ2n) is 5.08. The fourth-order valence-electron chi connectivity index (χ4n) is 1.74. The molecular weight excluding hydrogens is 344 g/mol. The number of carbonyl (C=O) groups is 1. The maximum absolute atomic E-state index is 13.5. The number of hydrogen-bond donors (Lipinski definition) is 1. The number of rotatable bonds is 8. The van der Waals surface area contributed by atoms with Crippen molar-refractivity contribution in [2.75, 3.05) is 19.5 Å². The minimum absolute atomic E-state index is 0.136. The van der Waals surface area contributed by atoms with E-state index >= 15 is 0 Å². The quantitative estimate of drug-likeness (QED) is 0.431. The van der Waals surface area contributed by atoms with Gasteiger partial charge in [0.15, 0.2) is 0 Å². The van der Waals surface area contributed by atoms with Crippen molar-refractivity contribution < 1.29 is 23.4 Å². The van der Waals surface area contributed by atoms with Crippen LogP contribution in [0.25, 0.3) is 0 Å². The van der Waals surface area contributed by atoms with E-state index in [0.717, 1.165) is 29.3 Å². The van der Waals surface area contributed by atoms with E-state index in [-0.39, 0.29) is 12.1 Å². The molecular formula is C13H15F2N5O5. The molecule has 0 aliphatic carbocycles. The number of amides is 1. The predicted octanol–water partition coefficient (Wildman–Crippen LogP) is 2.40. The van der Waals surface area contributed by atoms with Crippen LogP contribution >= 0.6 is 0 Å². The van der Waals surface area contributed by atoms with Crippen LogP contribution in [0.3, 0.4) is 0 Å². The lowest BCUT2D eigenvalue weighted by Crippen LogP contribution is -2.39. The summed E-state index contributed by atoms with van der Waals surface area (Å²) in [6, 6.07) is 2.87. The lowest BCUT2D eigenvalue weighted by atomic mass is 10.2. The first-order valence-corrected chi connectivity index (χ1v) is 6.86. The van der Waals surface area contributed by atoms with Crippen molar-refractivity contribution >= 4 is 29.2 Å². The summed E-state index contributed by atoms with van der Waals surface area (Å²) in [7, 11) is 2.42. The second-order valence-corrected chi connectivity index (χ2v) is 5.08. The average molecular weight is 359 g/mol. The number of anilines is 1. The van der Waals surface area contributed by atoms with Gasteiger partial charge in [-0.25, -0.2) is 0 Å². The Kier molecular flexibility index (Phi) is 6.42. The van der Waals surface area contributed by atoms with Crippen LogP contribution in [0.1, 0.15) is 12.8 Å². The lowest BCUT2D eigenvalue weighted by molar-refractivity contribution is -0.393. The van der Waals surface area contributed by atoms with Crippen LogP contribution in [0, 0.1) is 20.2 Å². The molecule has 0 heterocycles. The summed E-state index contributed by atoms with van der Waals surface area (Å²) >= 11 is 0. The summed E-state index contributed by atoms with van der Waals surface area (Å²) in [6.07, 6.45) is -0.0140. The van der Waals surface area contributed by atoms with E-state index in [1.54, 1.807) is 0 Å². The third-order valence-corrected chi connectivity index (χ3v) is 2.97. The minimum atomic E-state index is -3.55. The van der Waals surface area contributed by atoms with E-state index in [9.17, 15) is 33.8 Å². The molecule has 0 saturated heterocycles. The number of halogens is 2. The summed E-state index contributed by atoms with van der Waals surface area (Å²) in [5.41, 5.74) is 1.07. The molecule has 0 bridgehead atoms. The number of alkyl halides is 2. The number of non-ortho nitro benzene ring substituents is 1. The molecule has 0 atom stereocenters. The Morgan fingerprint density at radius 3 is 2.48 bits per heavy atom. The summed E-state index contributed by atoms with van der Waals surface area (Å²) < 4.78 is 27.0. The van der Waals surface area contributed by atoms with E-state index in [2.05, 4.69) is 10.5 Å². The fourth-order valence-corrected chi connectivity index (χ4v) is 1.74. The van der Waals surface area contributed by atoms with Crippen LogP contribution < -0.4 is 5.43 Å². The first kappa shape index (κ1) is 19.9. The Bertz CT molecular complexity index is 708. The van der Waals surface area contributed by atoms with Crippen molar-refractivity contribution in [3.8, 4) is 0 Å². The number of nitrogens with zero attached hydrogens (tertiary/aromatic N) is 4. The number of benzene rings is 1. The number of nitro groups is 2. The molecule has 0 saturated carbocycles. The summed E-state index contributed by atoms with van der Waals surface area (Å²) in [5.74, 6) is -4.88. The first-order chi connectivity index (χ1) is 11.6. The molecule has 12 heteroatoms. The van der Waals surface area contributed by atoms with Crippen LogP contribution in [-0.2, 0) is 4.79 Å². The number of nitro benzene ring substituents is 2. The lowest BCUT2D eigenvalue weighted by Gasteiger charge is -2.18. The van der Waals surface area contributed by atoms with Gasteiger partial charge >= 0.3 is 11.6 Å². The monoisotopic (exact) mass is 359 g/mol. The highest BCUT2D eigenvalue weighted by Crippen LogP contribution is 2.29.